The van der Waals surface area contributed by atoms with Crippen LogP contribution in [0.4, 0.5) is 0 Å². The zero-order valence-electron chi connectivity index (χ0n) is 13.8. The molecule has 1 aliphatic rings. The van der Waals surface area contributed by atoms with Gasteiger partial charge in [0.1, 0.15) is 0 Å². The van der Waals surface area contributed by atoms with Crippen LogP contribution in [0.3, 0.4) is 0 Å². The molecule has 0 unspecified atom stereocenters. The Hall–Kier alpha value is -0.970. The topological polar surface area (TPSA) is 34.6 Å². The third kappa shape index (κ3) is 4.25. The number of nitrogens with zero attached hydrogens (tertiary/aromatic N) is 2. The van der Waals surface area contributed by atoms with E-state index in [2.05, 4.69) is 50.0 Å². The van der Waals surface area contributed by atoms with E-state index in [0.29, 0.717) is 5.92 Å². The van der Waals surface area contributed by atoms with Crippen LogP contribution in [0.15, 0.2) is 18.3 Å². The minimum Gasteiger partial charge on any atom is -0.381 e. The number of ether oxygens (including phenoxy) is 2. The van der Waals surface area contributed by atoms with Gasteiger partial charge in [-0.1, -0.05) is 19.9 Å². The van der Waals surface area contributed by atoms with Crippen molar-refractivity contribution in [3.05, 3.63) is 29.6 Å². The van der Waals surface area contributed by atoms with Crippen molar-refractivity contribution in [3.63, 3.8) is 0 Å². The fourth-order valence-corrected chi connectivity index (χ4v) is 2.66. The first-order chi connectivity index (χ1) is 10.0. The van der Waals surface area contributed by atoms with E-state index in [9.17, 15) is 0 Å². The van der Waals surface area contributed by atoms with Crippen LogP contribution in [0.2, 0.25) is 0 Å². The standard InChI is InChI=1S/C17H28N2O2/c1-14(2)16-6-5-15(13-18-16)17(7-10-20-11-8-17)21-12-9-19(3)4/h5-6,13-14H,7-12H2,1-4H3. The Bertz CT molecular complexity index is 423. The van der Waals surface area contributed by atoms with Gasteiger partial charge in [-0.2, -0.15) is 0 Å². The zero-order valence-corrected chi connectivity index (χ0v) is 13.8. The van der Waals surface area contributed by atoms with Gasteiger partial charge >= 0.3 is 0 Å². The van der Waals surface area contributed by atoms with Crippen LogP contribution < -0.4 is 0 Å². The molecular weight excluding hydrogens is 264 g/mol. The van der Waals surface area contributed by atoms with Crippen molar-refractivity contribution in [1.29, 1.82) is 0 Å². The Kier molecular flexibility index (Phi) is 5.73. The summed E-state index contributed by atoms with van der Waals surface area (Å²) in [5, 5.41) is 0. The van der Waals surface area contributed by atoms with Gasteiger partial charge in [0.2, 0.25) is 0 Å². The van der Waals surface area contributed by atoms with Crippen LogP contribution in [0.25, 0.3) is 0 Å². The van der Waals surface area contributed by atoms with Gasteiger partial charge in [-0.25, -0.2) is 0 Å². The molecule has 4 nitrogen and oxygen atoms in total. The van der Waals surface area contributed by atoms with Gasteiger partial charge in [-0.15, -0.1) is 0 Å². The van der Waals surface area contributed by atoms with Crippen molar-refractivity contribution in [2.45, 2.75) is 38.2 Å². The van der Waals surface area contributed by atoms with E-state index in [0.717, 1.165) is 44.9 Å². The molecule has 0 bridgehead atoms. The van der Waals surface area contributed by atoms with Gasteiger partial charge in [0.05, 0.1) is 12.2 Å². The Morgan fingerprint density at radius 2 is 2.00 bits per heavy atom. The van der Waals surface area contributed by atoms with Gasteiger partial charge in [0.15, 0.2) is 0 Å². The van der Waals surface area contributed by atoms with Crippen molar-refractivity contribution in [3.8, 4) is 0 Å². The SMILES string of the molecule is CC(C)c1ccc(C2(OCCN(C)C)CCOCC2)cn1. The van der Waals surface area contributed by atoms with Crippen LogP contribution in [-0.2, 0) is 15.1 Å². The highest BCUT2D eigenvalue weighted by atomic mass is 16.5. The maximum Gasteiger partial charge on any atom is 0.0990 e. The molecular formula is C17H28N2O2. The number of hydrogen-bond acceptors (Lipinski definition) is 4. The Balaban J connectivity index is 2.14. The van der Waals surface area contributed by atoms with Gasteiger partial charge in [-0.3, -0.25) is 4.98 Å². The molecule has 0 atom stereocenters. The van der Waals surface area contributed by atoms with Gasteiger partial charge < -0.3 is 14.4 Å². The third-order valence-corrected chi connectivity index (χ3v) is 4.12. The van der Waals surface area contributed by atoms with Crippen LogP contribution in [0.1, 0.15) is 43.9 Å². The second kappa shape index (κ2) is 7.34. The maximum absolute atomic E-state index is 6.31. The third-order valence-electron chi connectivity index (χ3n) is 4.12. The first-order valence-corrected chi connectivity index (χ1v) is 7.86. The summed E-state index contributed by atoms with van der Waals surface area (Å²) >= 11 is 0. The van der Waals surface area contributed by atoms with E-state index < -0.39 is 0 Å². The van der Waals surface area contributed by atoms with Crippen LogP contribution >= 0.6 is 0 Å². The molecule has 0 N–H and O–H groups in total. The lowest BCUT2D eigenvalue weighted by Crippen LogP contribution is -2.38. The summed E-state index contributed by atoms with van der Waals surface area (Å²) in [5.41, 5.74) is 2.10. The Labute approximate surface area is 128 Å². The molecule has 4 heteroatoms. The zero-order chi connectivity index (χ0) is 15.3. The normalized spacial score (nSPS) is 18.4. The highest BCUT2D eigenvalue weighted by Gasteiger charge is 2.35. The average molecular weight is 292 g/mol. The molecule has 118 valence electrons. The lowest BCUT2D eigenvalue weighted by Gasteiger charge is -2.37. The summed E-state index contributed by atoms with van der Waals surface area (Å²) in [6.45, 7) is 7.51. The van der Waals surface area contributed by atoms with E-state index in [-0.39, 0.29) is 5.60 Å². The van der Waals surface area contributed by atoms with Crippen molar-refractivity contribution < 1.29 is 9.47 Å². The molecule has 0 radical (unpaired) electrons. The molecule has 1 aliphatic heterocycles. The minimum absolute atomic E-state index is 0.225. The highest BCUT2D eigenvalue weighted by Crippen LogP contribution is 2.36. The predicted octanol–water partition coefficient (Wildman–Crippen LogP) is 2.79. The van der Waals surface area contributed by atoms with E-state index in [1.807, 2.05) is 6.20 Å². The van der Waals surface area contributed by atoms with Crippen LogP contribution in [0, 0.1) is 0 Å². The molecule has 0 aromatic carbocycles. The quantitative estimate of drug-likeness (QED) is 0.807. The molecule has 0 spiro atoms. The van der Waals surface area contributed by atoms with Crippen molar-refractivity contribution >= 4 is 0 Å². The monoisotopic (exact) mass is 292 g/mol. The molecule has 0 saturated carbocycles. The summed E-state index contributed by atoms with van der Waals surface area (Å²) in [7, 11) is 4.14. The Morgan fingerprint density at radius 3 is 2.52 bits per heavy atom. The van der Waals surface area contributed by atoms with E-state index >= 15 is 0 Å². The number of rotatable bonds is 6. The number of aromatic nitrogens is 1. The van der Waals surface area contributed by atoms with Gasteiger partial charge in [0.25, 0.3) is 0 Å². The summed E-state index contributed by atoms with van der Waals surface area (Å²) in [4.78, 5) is 6.76. The largest absolute Gasteiger partial charge is 0.381 e. The first-order valence-electron chi connectivity index (χ1n) is 7.86. The number of likely N-dealkylation sites (N-methyl/N-ethyl adjacent to an activating group) is 1. The van der Waals surface area contributed by atoms with Crippen molar-refractivity contribution in [2.75, 3.05) is 40.5 Å². The fraction of sp³-hybridized carbons (Fsp3) is 0.706. The molecule has 1 fully saturated rings. The Morgan fingerprint density at radius 1 is 1.29 bits per heavy atom. The van der Waals surface area contributed by atoms with Gasteiger partial charge in [0, 0.05) is 50.1 Å². The molecule has 2 rings (SSSR count). The minimum atomic E-state index is -0.225. The predicted molar refractivity (Wildman–Crippen MR) is 84.6 cm³/mol. The molecule has 0 amide bonds. The van der Waals surface area contributed by atoms with E-state index in [1.54, 1.807) is 0 Å². The van der Waals surface area contributed by atoms with Crippen LogP contribution in [-0.4, -0.2) is 50.3 Å². The highest BCUT2D eigenvalue weighted by molar-refractivity contribution is 5.23. The molecule has 1 aromatic rings. The second-order valence-corrected chi connectivity index (χ2v) is 6.38. The summed E-state index contributed by atoms with van der Waals surface area (Å²) in [5.74, 6) is 0.458. The van der Waals surface area contributed by atoms with Crippen molar-refractivity contribution in [1.82, 2.24) is 9.88 Å². The molecule has 21 heavy (non-hydrogen) atoms. The summed E-state index contributed by atoms with van der Waals surface area (Å²) < 4.78 is 11.8. The number of hydrogen-bond donors (Lipinski definition) is 0. The molecule has 2 heterocycles. The summed E-state index contributed by atoms with van der Waals surface area (Å²) in [6.07, 6.45) is 3.81. The van der Waals surface area contributed by atoms with Crippen molar-refractivity contribution in [2.24, 2.45) is 0 Å². The lowest BCUT2D eigenvalue weighted by atomic mass is 9.86. The lowest BCUT2D eigenvalue weighted by molar-refractivity contribution is -0.118. The number of pyridine rings is 1. The molecule has 1 aromatic heterocycles. The fourth-order valence-electron chi connectivity index (χ4n) is 2.66. The molecule has 0 aliphatic carbocycles. The molecule has 1 saturated heterocycles. The smallest absolute Gasteiger partial charge is 0.0990 e. The first kappa shape index (κ1) is 16.4. The second-order valence-electron chi connectivity index (χ2n) is 6.38. The van der Waals surface area contributed by atoms with E-state index in [4.69, 9.17) is 9.47 Å². The maximum atomic E-state index is 6.31. The summed E-state index contributed by atoms with van der Waals surface area (Å²) in [6, 6.07) is 4.32. The van der Waals surface area contributed by atoms with E-state index in [1.165, 1.54) is 5.56 Å². The van der Waals surface area contributed by atoms with Gasteiger partial charge in [-0.05, 0) is 26.1 Å². The van der Waals surface area contributed by atoms with Crippen LogP contribution in [0.5, 0.6) is 0 Å². The average Bonchev–Trinajstić information content (AvgIpc) is 2.48.